The molecule has 0 saturated carbocycles. The summed E-state index contributed by atoms with van der Waals surface area (Å²) < 4.78 is 0. The van der Waals surface area contributed by atoms with Gasteiger partial charge in [0.2, 0.25) is 0 Å². The first-order valence-electron chi connectivity index (χ1n) is 5.35. The summed E-state index contributed by atoms with van der Waals surface area (Å²) in [7, 11) is 0. The van der Waals surface area contributed by atoms with Crippen molar-refractivity contribution in [1.82, 2.24) is 0 Å². The summed E-state index contributed by atoms with van der Waals surface area (Å²) >= 11 is 0. The number of hydrogen-bond donors (Lipinski definition) is 0. The second-order valence-corrected chi connectivity index (χ2v) is 4.49. The van der Waals surface area contributed by atoms with E-state index in [9.17, 15) is 0 Å². The summed E-state index contributed by atoms with van der Waals surface area (Å²) in [6.07, 6.45) is 4.02. The van der Waals surface area contributed by atoms with E-state index in [4.69, 9.17) is 0 Å². The molecule has 0 amide bonds. The van der Waals surface area contributed by atoms with Crippen molar-refractivity contribution >= 4 is 0 Å². The van der Waals surface area contributed by atoms with E-state index in [2.05, 4.69) is 38.1 Å². The SMILES string of the molecule is CC1CCC(C)c2ccccc2C1. The lowest BCUT2D eigenvalue weighted by molar-refractivity contribution is 0.504. The highest BCUT2D eigenvalue weighted by Gasteiger charge is 2.17. The van der Waals surface area contributed by atoms with Gasteiger partial charge >= 0.3 is 0 Å². The van der Waals surface area contributed by atoms with Crippen molar-refractivity contribution in [2.24, 2.45) is 5.92 Å². The molecule has 1 aromatic carbocycles. The van der Waals surface area contributed by atoms with E-state index in [1.165, 1.54) is 19.3 Å². The van der Waals surface area contributed by atoms with E-state index >= 15 is 0 Å². The molecule has 0 N–H and O–H groups in total. The molecule has 70 valence electrons. The van der Waals surface area contributed by atoms with Crippen LogP contribution >= 0.6 is 0 Å². The lowest BCUT2D eigenvalue weighted by Crippen LogP contribution is -1.97. The molecular formula is C13H18. The molecule has 13 heavy (non-hydrogen) atoms. The van der Waals surface area contributed by atoms with E-state index < -0.39 is 0 Å². The quantitative estimate of drug-likeness (QED) is 0.525. The van der Waals surface area contributed by atoms with Crippen LogP contribution in [0.1, 0.15) is 43.7 Å². The zero-order chi connectivity index (χ0) is 9.26. The van der Waals surface area contributed by atoms with Gasteiger partial charge in [0.05, 0.1) is 0 Å². The summed E-state index contributed by atoms with van der Waals surface area (Å²) in [6.45, 7) is 4.73. The predicted octanol–water partition coefficient (Wildman–Crippen LogP) is 3.76. The molecule has 0 heterocycles. The van der Waals surface area contributed by atoms with Gasteiger partial charge in [-0.1, -0.05) is 38.1 Å². The lowest BCUT2D eigenvalue weighted by Gasteiger charge is -2.11. The van der Waals surface area contributed by atoms with Crippen LogP contribution in [0.15, 0.2) is 24.3 Å². The van der Waals surface area contributed by atoms with E-state index in [-0.39, 0.29) is 0 Å². The van der Waals surface area contributed by atoms with Gasteiger partial charge in [-0.05, 0) is 42.2 Å². The molecule has 0 fully saturated rings. The van der Waals surface area contributed by atoms with Gasteiger partial charge in [0.25, 0.3) is 0 Å². The van der Waals surface area contributed by atoms with Crippen molar-refractivity contribution in [2.75, 3.05) is 0 Å². The Hall–Kier alpha value is -0.780. The molecule has 0 heteroatoms. The Labute approximate surface area is 81.0 Å². The summed E-state index contributed by atoms with van der Waals surface area (Å²) in [6, 6.07) is 8.95. The minimum absolute atomic E-state index is 0.765. The molecule has 1 aliphatic rings. The summed E-state index contributed by atoms with van der Waals surface area (Å²) in [5.74, 6) is 1.63. The summed E-state index contributed by atoms with van der Waals surface area (Å²) in [5, 5.41) is 0. The van der Waals surface area contributed by atoms with Crippen LogP contribution in [0.25, 0.3) is 0 Å². The summed E-state index contributed by atoms with van der Waals surface area (Å²) in [5.41, 5.74) is 3.17. The largest absolute Gasteiger partial charge is 0.0622 e. The van der Waals surface area contributed by atoms with Gasteiger partial charge in [0.1, 0.15) is 0 Å². The van der Waals surface area contributed by atoms with Gasteiger partial charge in [-0.15, -0.1) is 0 Å². The van der Waals surface area contributed by atoms with Crippen LogP contribution in [0, 0.1) is 5.92 Å². The predicted molar refractivity (Wildman–Crippen MR) is 57.0 cm³/mol. The van der Waals surface area contributed by atoms with Crippen LogP contribution in [0.4, 0.5) is 0 Å². The third kappa shape index (κ3) is 1.77. The van der Waals surface area contributed by atoms with E-state index in [0.717, 1.165) is 11.8 Å². The highest BCUT2D eigenvalue weighted by atomic mass is 14.2. The topological polar surface area (TPSA) is 0 Å². The molecule has 0 aliphatic heterocycles. The first-order valence-corrected chi connectivity index (χ1v) is 5.35. The van der Waals surface area contributed by atoms with Crippen molar-refractivity contribution < 1.29 is 0 Å². The van der Waals surface area contributed by atoms with Crippen LogP contribution in [0.3, 0.4) is 0 Å². The minimum atomic E-state index is 0.765. The maximum absolute atomic E-state index is 2.37. The molecule has 2 rings (SSSR count). The maximum atomic E-state index is 2.37. The Morgan fingerprint density at radius 1 is 1.08 bits per heavy atom. The van der Waals surface area contributed by atoms with Crippen LogP contribution < -0.4 is 0 Å². The number of benzene rings is 1. The molecule has 1 aliphatic carbocycles. The Morgan fingerprint density at radius 3 is 2.69 bits per heavy atom. The average molecular weight is 174 g/mol. The van der Waals surface area contributed by atoms with Gasteiger partial charge in [0.15, 0.2) is 0 Å². The second-order valence-electron chi connectivity index (χ2n) is 4.49. The van der Waals surface area contributed by atoms with Crippen LogP contribution in [-0.2, 0) is 6.42 Å². The molecule has 0 radical (unpaired) electrons. The smallest absolute Gasteiger partial charge is 0.0188 e. The minimum Gasteiger partial charge on any atom is -0.0622 e. The van der Waals surface area contributed by atoms with E-state index in [1.807, 2.05) is 0 Å². The Kier molecular flexibility index (Phi) is 2.39. The molecule has 0 spiro atoms. The van der Waals surface area contributed by atoms with Crippen LogP contribution in [-0.4, -0.2) is 0 Å². The molecule has 1 aromatic rings. The highest BCUT2D eigenvalue weighted by molar-refractivity contribution is 5.31. The van der Waals surface area contributed by atoms with Crippen molar-refractivity contribution in [3.63, 3.8) is 0 Å². The third-order valence-electron chi connectivity index (χ3n) is 3.25. The number of hydrogen-bond acceptors (Lipinski definition) is 0. The average Bonchev–Trinajstić information content (AvgIpc) is 2.27. The fourth-order valence-corrected chi connectivity index (χ4v) is 2.37. The molecule has 2 atom stereocenters. The van der Waals surface area contributed by atoms with Gasteiger partial charge < -0.3 is 0 Å². The number of rotatable bonds is 0. The summed E-state index contributed by atoms with van der Waals surface area (Å²) in [4.78, 5) is 0. The van der Waals surface area contributed by atoms with Crippen molar-refractivity contribution in [3.05, 3.63) is 35.4 Å². The molecule has 2 unspecified atom stereocenters. The first-order chi connectivity index (χ1) is 6.27. The van der Waals surface area contributed by atoms with Crippen molar-refractivity contribution in [1.29, 1.82) is 0 Å². The standard InChI is InChI=1S/C13H18/c1-10-7-8-11(2)13-6-4-3-5-12(13)9-10/h3-6,10-11H,7-9H2,1-2H3. The lowest BCUT2D eigenvalue weighted by atomic mass is 9.95. The van der Waals surface area contributed by atoms with Gasteiger partial charge in [-0.25, -0.2) is 0 Å². The zero-order valence-electron chi connectivity index (χ0n) is 8.59. The Morgan fingerprint density at radius 2 is 1.85 bits per heavy atom. The van der Waals surface area contributed by atoms with Gasteiger partial charge in [-0.3, -0.25) is 0 Å². The molecular weight excluding hydrogens is 156 g/mol. The van der Waals surface area contributed by atoms with Gasteiger partial charge in [0, 0.05) is 0 Å². The normalized spacial score (nSPS) is 27.8. The van der Waals surface area contributed by atoms with Crippen LogP contribution in [0.5, 0.6) is 0 Å². The van der Waals surface area contributed by atoms with Crippen molar-refractivity contribution in [3.8, 4) is 0 Å². The molecule has 0 bridgehead atoms. The third-order valence-corrected chi connectivity index (χ3v) is 3.25. The molecule has 0 aromatic heterocycles. The first kappa shape index (κ1) is 8.80. The Balaban J connectivity index is 2.38. The second kappa shape index (κ2) is 3.53. The maximum Gasteiger partial charge on any atom is -0.0188 e. The molecule has 0 saturated heterocycles. The van der Waals surface area contributed by atoms with Gasteiger partial charge in [-0.2, -0.15) is 0 Å². The molecule has 0 nitrogen and oxygen atoms in total. The monoisotopic (exact) mass is 174 g/mol. The van der Waals surface area contributed by atoms with E-state index in [0.29, 0.717) is 0 Å². The fourth-order valence-electron chi connectivity index (χ4n) is 2.37. The van der Waals surface area contributed by atoms with E-state index in [1.54, 1.807) is 11.1 Å². The highest BCUT2D eigenvalue weighted by Crippen LogP contribution is 2.31. The fraction of sp³-hybridized carbons (Fsp3) is 0.538. The van der Waals surface area contributed by atoms with Crippen LogP contribution in [0.2, 0.25) is 0 Å². The number of fused-ring (bicyclic) bond motifs is 1. The zero-order valence-corrected chi connectivity index (χ0v) is 8.59. The van der Waals surface area contributed by atoms with Crippen molar-refractivity contribution in [2.45, 2.75) is 39.0 Å². The Bertz CT molecular complexity index is 288.